The second-order valence-electron chi connectivity index (χ2n) is 6.82. The van der Waals surface area contributed by atoms with Gasteiger partial charge in [-0.25, -0.2) is 4.79 Å². The van der Waals surface area contributed by atoms with Crippen LogP contribution < -0.4 is 14.4 Å². The van der Waals surface area contributed by atoms with Crippen molar-refractivity contribution in [2.24, 2.45) is 0 Å². The summed E-state index contributed by atoms with van der Waals surface area (Å²) in [6.45, 7) is 4.55. The fourth-order valence-electron chi connectivity index (χ4n) is 3.42. The standard InChI is InChI=1S/C22H24N2O7/c1-3-29-19-10-7-16(13-20(19)30-4-2)22(26)31-14-21(25)23-11-5-6-15-12-17(24(27)28)8-9-18(15)23/h7-10,12-13H,3-6,11,14H2,1-2H3. The highest BCUT2D eigenvalue weighted by atomic mass is 16.6. The number of nitrogens with zero attached hydrogens (tertiary/aromatic N) is 2. The molecule has 0 aromatic heterocycles. The Morgan fingerprint density at radius 1 is 1.06 bits per heavy atom. The number of esters is 1. The molecule has 0 atom stereocenters. The smallest absolute Gasteiger partial charge is 0.338 e. The van der Waals surface area contributed by atoms with Gasteiger partial charge in [0.1, 0.15) is 0 Å². The molecule has 0 N–H and O–H groups in total. The van der Waals surface area contributed by atoms with Crippen LogP contribution in [0.4, 0.5) is 11.4 Å². The van der Waals surface area contributed by atoms with E-state index < -0.39 is 17.5 Å². The monoisotopic (exact) mass is 428 g/mol. The number of carbonyl (C=O) groups excluding carboxylic acids is 2. The Morgan fingerprint density at radius 2 is 1.81 bits per heavy atom. The van der Waals surface area contributed by atoms with Crippen molar-refractivity contribution in [1.82, 2.24) is 0 Å². The maximum absolute atomic E-state index is 12.7. The number of rotatable bonds is 8. The molecule has 1 heterocycles. The van der Waals surface area contributed by atoms with Crippen LogP contribution in [0.2, 0.25) is 0 Å². The van der Waals surface area contributed by atoms with Crippen LogP contribution in [0.25, 0.3) is 0 Å². The van der Waals surface area contributed by atoms with Crippen LogP contribution in [-0.2, 0) is 16.0 Å². The molecule has 0 bridgehead atoms. The Morgan fingerprint density at radius 3 is 2.52 bits per heavy atom. The van der Waals surface area contributed by atoms with Crippen molar-refractivity contribution in [2.75, 3.05) is 31.3 Å². The van der Waals surface area contributed by atoms with Crippen molar-refractivity contribution in [3.8, 4) is 11.5 Å². The SMILES string of the molecule is CCOc1ccc(C(=O)OCC(=O)N2CCCc3cc([N+](=O)[O-])ccc32)cc1OCC. The lowest BCUT2D eigenvalue weighted by atomic mass is 10.0. The number of benzene rings is 2. The van der Waals surface area contributed by atoms with E-state index in [0.29, 0.717) is 49.8 Å². The number of nitro groups is 1. The first kappa shape index (κ1) is 22.1. The Labute approximate surface area is 179 Å². The summed E-state index contributed by atoms with van der Waals surface area (Å²) in [6.07, 6.45) is 1.32. The molecule has 0 aliphatic carbocycles. The van der Waals surface area contributed by atoms with Gasteiger partial charge < -0.3 is 19.1 Å². The zero-order valence-corrected chi connectivity index (χ0v) is 17.5. The molecule has 1 amide bonds. The first-order chi connectivity index (χ1) is 14.9. The van der Waals surface area contributed by atoms with E-state index in [0.717, 1.165) is 5.56 Å². The van der Waals surface area contributed by atoms with E-state index in [9.17, 15) is 19.7 Å². The number of nitro benzene ring substituents is 1. The summed E-state index contributed by atoms with van der Waals surface area (Å²) >= 11 is 0. The van der Waals surface area contributed by atoms with Crippen LogP contribution in [0.1, 0.15) is 36.2 Å². The number of carbonyl (C=O) groups is 2. The molecule has 9 nitrogen and oxygen atoms in total. The normalized spacial score (nSPS) is 12.6. The Hall–Kier alpha value is -3.62. The van der Waals surface area contributed by atoms with Crippen LogP contribution >= 0.6 is 0 Å². The number of hydrogen-bond donors (Lipinski definition) is 0. The van der Waals surface area contributed by atoms with Gasteiger partial charge in [0, 0.05) is 24.4 Å². The second-order valence-corrected chi connectivity index (χ2v) is 6.82. The molecule has 9 heteroatoms. The predicted molar refractivity (Wildman–Crippen MR) is 113 cm³/mol. The fourth-order valence-corrected chi connectivity index (χ4v) is 3.42. The van der Waals surface area contributed by atoms with E-state index in [2.05, 4.69) is 0 Å². The average Bonchev–Trinajstić information content (AvgIpc) is 2.77. The topological polar surface area (TPSA) is 108 Å². The molecule has 31 heavy (non-hydrogen) atoms. The van der Waals surface area contributed by atoms with Crippen molar-refractivity contribution in [3.63, 3.8) is 0 Å². The minimum Gasteiger partial charge on any atom is -0.490 e. The molecule has 2 aromatic rings. The van der Waals surface area contributed by atoms with E-state index in [4.69, 9.17) is 14.2 Å². The molecular formula is C22H24N2O7. The third-order valence-corrected chi connectivity index (χ3v) is 4.80. The van der Waals surface area contributed by atoms with E-state index in [1.807, 2.05) is 13.8 Å². The van der Waals surface area contributed by atoms with Crippen molar-refractivity contribution in [1.29, 1.82) is 0 Å². The van der Waals surface area contributed by atoms with Crippen LogP contribution in [-0.4, -0.2) is 43.2 Å². The predicted octanol–water partition coefficient (Wildman–Crippen LogP) is 3.53. The van der Waals surface area contributed by atoms with Crippen molar-refractivity contribution in [2.45, 2.75) is 26.7 Å². The van der Waals surface area contributed by atoms with Crippen LogP contribution in [0.5, 0.6) is 11.5 Å². The molecule has 1 aliphatic heterocycles. The van der Waals surface area contributed by atoms with Crippen LogP contribution in [0.3, 0.4) is 0 Å². The van der Waals surface area contributed by atoms with Crippen LogP contribution in [0.15, 0.2) is 36.4 Å². The summed E-state index contributed by atoms with van der Waals surface area (Å²) < 4.78 is 16.2. The highest BCUT2D eigenvalue weighted by Crippen LogP contribution is 2.31. The van der Waals surface area contributed by atoms with E-state index in [1.54, 1.807) is 18.2 Å². The number of aryl methyl sites for hydroxylation is 1. The van der Waals surface area contributed by atoms with Gasteiger partial charge in [0.05, 0.1) is 23.7 Å². The Kier molecular flexibility index (Phi) is 7.07. The number of fused-ring (bicyclic) bond motifs is 1. The molecule has 164 valence electrons. The van der Waals surface area contributed by atoms with E-state index in [1.165, 1.54) is 23.1 Å². The van der Waals surface area contributed by atoms with Crippen molar-refractivity contribution >= 4 is 23.3 Å². The number of amides is 1. The third-order valence-electron chi connectivity index (χ3n) is 4.80. The molecule has 3 rings (SSSR count). The number of ether oxygens (including phenoxy) is 3. The lowest BCUT2D eigenvalue weighted by Crippen LogP contribution is -2.38. The molecule has 0 radical (unpaired) electrons. The van der Waals surface area contributed by atoms with Gasteiger partial charge in [0.15, 0.2) is 18.1 Å². The molecule has 0 fully saturated rings. The summed E-state index contributed by atoms with van der Waals surface area (Å²) in [5.74, 6) is -0.0925. The van der Waals surface area contributed by atoms with Gasteiger partial charge in [-0.05, 0) is 56.5 Å². The molecule has 0 unspecified atom stereocenters. The van der Waals surface area contributed by atoms with Gasteiger partial charge in [0.2, 0.25) is 0 Å². The summed E-state index contributed by atoms with van der Waals surface area (Å²) in [4.78, 5) is 37.2. The average molecular weight is 428 g/mol. The summed E-state index contributed by atoms with van der Waals surface area (Å²) in [7, 11) is 0. The van der Waals surface area contributed by atoms with Gasteiger partial charge in [-0.1, -0.05) is 0 Å². The van der Waals surface area contributed by atoms with Gasteiger partial charge in [0.25, 0.3) is 11.6 Å². The summed E-state index contributed by atoms with van der Waals surface area (Å²) in [6, 6.07) is 9.11. The highest BCUT2D eigenvalue weighted by molar-refractivity contribution is 5.98. The number of non-ortho nitro benzene ring substituents is 1. The molecule has 1 aliphatic rings. The second kappa shape index (κ2) is 9.92. The minimum atomic E-state index is -0.654. The quantitative estimate of drug-likeness (QED) is 0.359. The van der Waals surface area contributed by atoms with E-state index >= 15 is 0 Å². The van der Waals surface area contributed by atoms with Crippen LogP contribution in [0, 0.1) is 10.1 Å². The molecule has 2 aromatic carbocycles. The molecule has 0 saturated heterocycles. The van der Waals surface area contributed by atoms with E-state index in [-0.39, 0.29) is 17.2 Å². The van der Waals surface area contributed by atoms with Gasteiger partial charge in [-0.3, -0.25) is 14.9 Å². The zero-order valence-electron chi connectivity index (χ0n) is 17.5. The largest absolute Gasteiger partial charge is 0.490 e. The van der Waals surface area contributed by atoms with Gasteiger partial charge in [-0.2, -0.15) is 0 Å². The first-order valence-corrected chi connectivity index (χ1v) is 10.1. The zero-order chi connectivity index (χ0) is 22.4. The molecular weight excluding hydrogens is 404 g/mol. The molecule has 0 saturated carbocycles. The summed E-state index contributed by atoms with van der Waals surface area (Å²) in [5, 5.41) is 11.0. The number of anilines is 1. The molecule has 0 spiro atoms. The maximum Gasteiger partial charge on any atom is 0.338 e. The van der Waals surface area contributed by atoms with Gasteiger partial charge in [-0.15, -0.1) is 0 Å². The van der Waals surface area contributed by atoms with Crippen molar-refractivity contribution < 1.29 is 28.7 Å². The van der Waals surface area contributed by atoms with Crippen molar-refractivity contribution in [3.05, 3.63) is 57.6 Å². The minimum absolute atomic E-state index is 0.0138. The first-order valence-electron chi connectivity index (χ1n) is 10.1. The highest BCUT2D eigenvalue weighted by Gasteiger charge is 2.25. The lowest BCUT2D eigenvalue weighted by Gasteiger charge is -2.29. The summed E-state index contributed by atoms with van der Waals surface area (Å²) in [5.41, 5.74) is 1.57. The van der Waals surface area contributed by atoms with Gasteiger partial charge >= 0.3 is 5.97 Å². The Bertz CT molecular complexity index is 990. The number of hydrogen-bond acceptors (Lipinski definition) is 7. The lowest BCUT2D eigenvalue weighted by molar-refractivity contribution is -0.384. The Balaban J connectivity index is 1.68. The maximum atomic E-state index is 12.7. The third kappa shape index (κ3) is 5.11. The fraction of sp³-hybridized carbons (Fsp3) is 0.364.